The molecule has 0 aliphatic heterocycles. The van der Waals surface area contributed by atoms with Gasteiger partial charge < -0.3 is 10.2 Å². The minimum Gasteiger partial charge on any atom is -0.318 e. The Morgan fingerprint density at radius 2 is 1.84 bits per heavy atom. The molecule has 0 fully saturated rings. The molecule has 0 spiro atoms. The Morgan fingerprint density at radius 1 is 1.13 bits per heavy atom. The fraction of sp³-hybridized carbons (Fsp3) is 0.273. The monoisotopic (exact) mass is 458 g/mol. The zero-order chi connectivity index (χ0) is 22.6. The van der Waals surface area contributed by atoms with Crippen LogP contribution in [0.1, 0.15) is 19.4 Å². The fourth-order valence-electron chi connectivity index (χ4n) is 2.97. The van der Waals surface area contributed by atoms with Crippen LogP contribution in [0, 0.1) is 0 Å². The van der Waals surface area contributed by atoms with Gasteiger partial charge in [0.25, 0.3) is 0 Å². The molecule has 1 aromatic heterocycles. The van der Waals surface area contributed by atoms with Gasteiger partial charge in [0.1, 0.15) is 5.01 Å². The summed E-state index contributed by atoms with van der Waals surface area (Å²) >= 11 is 1.57. The largest absolute Gasteiger partial charge is 0.322 e. The SMILES string of the molecule is CC(C)N(Cc1cccc(-c2nccs2)c1)C(=O)Nc1ccc(S(=O)(=O)N(C)C)cc1. The van der Waals surface area contributed by atoms with Gasteiger partial charge in [-0.05, 0) is 49.7 Å². The molecule has 0 saturated carbocycles. The molecular weight excluding hydrogens is 432 g/mol. The number of nitrogens with one attached hydrogen (secondary N) is 1. The molecule has 0 aliphatic carbocycles. The summed E-state index contributed by atoms with van der Waals surface area (Å²) in [5, 5.41) is 5.74. The number of rotatable bonds is 7. The number of anilines is 1. The van der Waals surface area contributed by atoms with E-state index in [4.69, 9.17) is 0 Å². The zero-order valence-corrected chi connectivity index (χ0v) is 19.6. The van der Waals surface area contributed by atoms with Crippen molar-refractivity contribution in [2.24, 2.45) is 0 Å². The molecule has 2 amide bonds. The lowest BCUT2D eigenvalue weighted by Gasteiger charge is -2.27. The van der Waals surface area contributed by atoms with E-state index in [0.717, 1.165) is 20.4 Å². The van der Waals surface area contributed by atoms with Crippen LogP contribution in [0.15, 0.2) is 65.0 Å². The van der Waals surface area contributed by atoms with E-state index in [1.54, 1.807) is 34.6 Å². The second-order valence-corrected chi connectivity index (χ2v) is 10.5. The van der Waals surface area contributed by atoms with Crippen molar-refractivity contribution in [2.75, 3.05) is 19.4 Å². The van der Waals surface area contributed by atoms with E-state index in [9.17, 15) is 13.2 Å². The molecule has 31 heavy (non-hydrogen) atoms. The third kappa shape index (κ3) is 5.49. The molecule has 7 nitrogen and oxygen atoms in total. The fourth-order valence-corrected chi connectivity index (χ4v) is 4.51. The predicted octanol–water partition coefficient (Wildman–Crippen LogP) is 4.50. The highest BCUT2D eigenvalue weighted by Crippen LogP contribution is 2.24. The van der Waals surface area contributed by atoms with E-state index in [1.165, 1.54) is 26.2 Å². The highest BCUT2D eigenvalue weighted by Gasteiger charge is 2.20. The summed E-state index contributed by atoms with van der Waals surface area (Å²) in [4.78, 5) is 19.2. The highest BCUT2D eigenvalue weighted by molar-refractivity contribution is 7.89. The summed E-state index contributed by atoms with van der Waals surface area (Å²) < 4.78 is 25.6. The molecule has 0 radical (unpaired) electrons. The van der Waals surface area contributed by atoms with Gasteiger partial charge in [0.05, 0.1) is 4.90 Å². The molecule has 0 unspecified atom stereocenters. The van der Waals surface area contributed by atoms with Gasteiger partial charge in [-0.3, -0.25) is 0 Å². The number of thiazole rings is 1. The zero-order valence-electron chi connectivity index (χ0n) is 17.9. The average molecular weight is 459 g/mol. The van der Waals surface area contributed by atoms with Crippen LogP contribution in [0.5, 0.6) is 0 Å². The first-order valence-electron chi connectivity index (χ1n) is 9.77. The molecule has 0 bridgehead atoms. The molecular formula is C22H26N4O3S2. The third-order valence-corrected chi connectivity index (χ3v) is 7.38. The van der Waals surface area contributed by atoms with Crippen LogP contribution in [-0.2, 0) is 16.6 Å². The summed E-state index contributed by atoms with van der Waals surface area (Å²) in [7, 11) is -0.547. The number of carbonyl (C=O) groups excluding carboxylic acids is 1. The Balaban J connectivity index is 1.74. The van der Waals surface area contributed by atoms with Crippen LogP contribution in [0.3, 0.4) is 0 Å². The van der Waals surface area contributed by atoms with E-state index in [-0.39, 0.29) is 17.0 Å². The molecule has 9 heteroatoms. The van der Waals surface area contributed by atoms with Crippen molar-refractivity contribution in [3.05, 3.63) is 65.7 Å². The minimum absolute atomic E-state index is 0.0306. The maximum absolute atomic E-state index is 12.9. The first-order chi connectivity index (χ1) is 14.7. The molecule has 0 aliphatic rings. The quantitative estimate of drug-likeness (QED) is 0.565. The van der Waals surface area contributed by atoms with Gasteiger partial charge in [-0.1, -0.05) is 18.2 Å². The lowest BCUT2D eigenvalue weighted by atomic mass is 10.1. The summed E-state index contributed by atoms with van der Waals surface area (Å²) in [6.45, 7) is 4.35. The third-order valence-electron chi connectivity index (χ3n) is 4.73. The topological polar surface area (TPSA) is 82.6 Å². The van der Waals surface area contributed by atoms with Gasteiger partial charge in [-0.2, -0.15) is 0 Å². The van der Waals surface area contributed by atoms with Crippen molar-refractivity contribution in [3.8, 4) is 10.6 Å². The number of hydrogen-bond donors (Lipinski definition) is 1. The molecule has 3 aromatic rings. The number of hydrogen-bond acceptors (Lipinski definition) is 5. The first kappa shape index (κ1) is 22.9. The van der Waals surface area contributed by atoms with Crippen LogP contribution in [0.4, 0.5) is 10.5 Å². The Labute approximate surface area is 187 Å². The molecule has 0 atom stereocenters. The predicted molar refractivity (Wildman–Crippen MR) is 125 cm³/mol. The molecule has 2 aromatic carbocycles. The van der Waals surface area contributed by atoms with Gasteiger partial charge in [-0.25, -0.2) is 22.5 Å². The molecule has 164 valence electrons. The van der Waals surface area contributed by atoms with E-state index in [2.05, 4.69) is 10.3 Å². The van der Waals surface area contributed by atoms with E-state index < -0.39 is 10.0 Å². The summed E-state index contributed by atoms with van der Waals surface area (Å²) in [5.74, 6) is 0. The summed E-state index contributed by atoms with van der Waals surface area (Å²) in [5.41, 5.74) is 2.56. The van der Waals surface area contributed by atoms with Crippen molar-refractivity contribution in [1.82, 2.24) is 14.2 Å². The Morgan fingerprint density at radius 3 is 2.42 bits per heavy atom. The number of aromatic nitrogens is 1. The van der Waals surface area contributed by atoms with Crippen molar-refractivity contribution in [1.29, 1.82) is 0 Å². The smallest absolute Gasteiger partial charge is 0.318 e. The number of urea groups is 1. The Hall–Kier alpha value is -2.75. The van der Waals surface area contributed by atoms with Crippen molar-refractivity contribution in [2.45, 2.75) is 31.3 Å². The second-order valence-electron chi connectivity index (χ2n) is 7.50. The lowest BCUT2D eigenvalue weighted by molar-refractivity contribution is 0.193. The van der Waals surface area contributed by atoms with Crippen LogP contribution in [0.25, 0.3) is 10.6 Å². The van der Waals surface area contributed by atoms with Crippen LogP contribution in [-0.4, -0.2) is 48.8 Å². The summed E-state index contributed by atoms with van der Waals surface area (Å²) in [6.07, 6.45) is 1.77. The maximum Gasteiger partial charge on any atom is 0.322 e. The Bertz CT molecular complexity index is 1130. The normalized spacial score (nSPS) is 11.7. The highest BCUT2D eigenvalue weighted by atomic mass is 32.2. The Kier molecular flexibility index (Phi) is 7.09. The number of nitrogens with zero attached hydrogens (tertiary/aromatic N) is 3. The van der Waals surface area contributed by atoms with Crippen LogP contribution in [0.2, 0.25) is 0 Å². The van der Waals surface area contributed by atoms with Crippen molar-refractivity contribution in [3.63, 3.8) is 0 Å². The molecule has 1 heterocycles. The number of carbonyl (C=O) groups is 1. The van der Waals surface area contributed by atoms with E-state index >= 15 is 0 Å². The standard InChI is InChI=1S/C22H26N4O3S2/c1-16(2)26(15-17-6-5-7-18(14-17)21-23-12-13-30-21)22(27)24-19-8-10-20(11-9-19)31(28,29)25(3)4/h5-14,16H,15H2,1-4H3,(H,24,27). The van der Waals surface area contributed by atoms with Crippen molar-refractivity contribution >= 4 is 33.1 Å². The molecule has 1 N–H and O–H groups in total. The first-order valence-corrected chi connectivity index (χ1v) is 12.1. The second kappa shape index (κ2) is 9.59. The number of benzene rings is 2. The van der Waals surface area contributed by atoms with Crippen LogP contribution < -0.4 is 5.32 Å². The molecule has 0 saturated heterocycles. The van der Waals surface area contributed by atoms with Gasteiger partial charge in [0.2, 0.25) is 10.0 Å². The van der Waals surface area contributed by atoms with Gasteiger partial charge in [0, 0.05) is 49.5 Å². The molecule has 3 rings (SSSR count). The number of sulfonamides is 1. The average Bonchev–Trinajstić information content (AvgIpc) is 3.27. The number of amides is 2. The van der Waals surface area contributed by atoms with Gasteiger partial charge in [-0.15, -0.1) is 11.3 Å². The van der Waals surface area contributed by atoms with E-state index in [1.807, 2.05) is 43.5 Å². The van der Waals surface area contributed by atoms with E-state index in [0.29, 0.717) is 12.2 Å². The summed E-state index contributed by atoms with van der Waals surface area (Å²) in [6, 6.07) is 13.9. The van der Waals surface area contributed by atoms with Gasteiger partial charge in [0.15, 0.2) is 0 Å². The van der Waals surface area contributed by atoms with Crippen molar-refractivity contribution < 1.29 is 13.2 Å². The lowest BCUT2D eigenvalue weighted by Crippen LogP contribution is -2.39. The maximum atomic E-state index is 12.9. The minimum atomic E-state index is -3.51. The van der Waals surface area contributed by atoms with Gasteiger partial charge >= 0.3 is 6.03 Å². The van der Waals surface area contributed by atoms with Crippen LogP contribution >= 0.6 is 11.3 Å².